The first-order chi connectivity index (χ1) is 13.1. The summed E-state index contributed by atoms with van der Waals surface area (Å²) in [6.45, 7) is 8.51. The minimum Gasteiger partial charge on any atom is -0.357 e. The third-order valence-electron chi connectivity index (χ3n) is 5.26. The number of hydrogen-bond acceptors (Lipinski definition) is 3. The molecule has 0 spiro atoms. The monoisotopic (exact) mass is 388 g/mol. The van der Waals surface area contributed by atoms with Gasteiger partial charge >= 0.3 is 0 Å². The molecule has 5 nitrogen and oxygen atoms in total. The molecule has 1 atom stereocenters. The number of benzene rings is 1. The molecule has 2 saturated heterocycles. The minimum atomic E-state index is 0.277. The van der Waals surface area contributed by atoms with E-state index in [1.807, 2.05) is 4.90 Å². The molecule has 1 amide bonds. The molecule has 27 heavy (non-hydrogen) atoms. The zero-order chi connectivity index (χ0) is 19.1. The molecule has 0 aliphatic carbocycles. The highest BCUT2D eigenvalue weighted by atomic mass is 32.2. The number of thioether (sulfide) groups is 1. The van der Waals surface area contributed by atoms with E-state index >= 15 is 0 Å². The Morgan fingerprint density at radius 1 is 1.22 bits per heavy atom. The Morgan fingerprint density at radius 2 is 2.00 bits per heavy atom. The average Bonchev–Trinajstić information content (AvgIpc) is 3.28. The second-order valence-corrected chi connectivity index (χ2v) is 9.37. The van der Waals surface area contributed by atoms with Gasteiger partial charge in [-0.05, 0) is 50.0 Å². The number of amides is 1. The van der Waals surface area contributed by atoms with Gasteiger partial charge in [-0.25, -0.2) is 4.99 Å². The molecule has 2 N–H and O–H groups in total. The van der Waals surface area contributed by atoms with Crippen LogP contribution >= 0.6 is 11.8 Å². The van der Waals surface area contributed by atoms with Crippen LogP contribution in [0.25, 0.3) is 0 Å². The number of carbonyl (C=O) groups is 1. The largest absolute Gasteiger partial charge is 0.357 e. The van der Waals surface area contributed by atoms with E-state index in [4.69, 9.17) is 4.99 Å². The predicted molar refractivity (Wildman–Crippen MR) is 114 cm³/mol. The quantitative estimate of drug-likeness (QED) is 0.556. The van der Waals surface area contributed by atoms with Gasteiger partial charge in [0.2, 0.25) is 5.91 Å². The van der Waals surface area contributed by atoms with Gasteiger partial charge in [0, 0.05) is 37.3 Å². The van der Waals surface area contributed by atoms with E-state index in [-0.39, 0.29) is 5.91 Å². The van der Waals surface area contributed by atoms with E-state index < -0.39 is 0 Å². The lowest BCUT2D eigenvalue weighted by Gasteiger charge is -2.24. The summed E-state index contributed by atoms with van der Waals surface area (Å²) >= 11 is 2.06. The summed E-state index contributed by atoms with van der Waals surface area (Å²) in [4.78, 5) is 18.4. The maximum atomic E-state index is 11.8. The van der Waals surface area contributed by atoms with Gasteiger partial charge < -0.3 is 15.5 Å². The molecule has 2 fully saturated rings. The van der Waals surface area contributed by atoms with Gasteiger partial charge in [0.1, 0.15) is 0 Å². The molecule has 0 saturated carbocycles. The van der Waals surface area contributed by atoms with Crippen molar-refractivity contribution in [3.8, 4) is 0 Å². The van der Waals surface area contributed by atoms with Gasteiger partial charge in [-0.15, -0.1) is 0 Å². The number of rotatable bonds is 7. The maximum absolute atomic E-state index is 11.8. The van der Waals surface area contributed by atoms with E-state index in [2.05, 4.69) is 60.5 Å². The van der Waals surface area contributed by atoms with Crippen LogP contribution in [0.1, 0.15) is 50.7 Å². The third kappa shape index (κ3) is 5.89. The summed E-state index contributed by atoms with van der Waals surface area (Å²) in [5, 5.41) is 6.86. The lowest BCUT2D eigenvalue weighted by Crippen LogP contribution is -2.43. The summed E-state index contributed by atoms with van der Waals surface area (Å²) in [7, 11) is 0. The van der Waals surface area contributed by atoms with Crippen molar-refractivity contribution in [1.29, 1.82) is 0 Å². The van der Waals surface area contributed by atoms with Crippen molar-refractivity contribution in [2.75, 3.05) is 25.4 Å². The number of carbonyl (C=O) groups excluding carboxylic acids is 1. The Morgan fingerprint density at radius 3 is 2.63 bits per heavy atom. The van der Waals surface area contributed by atoms with Crippen LogP contribution in [0.2, 0.25) is 0 Å². The Labute approximate surface area is 167 Å². The Hall–Kier alpha value is -1.69. The predicted octanol–water partition coefficient (Wildman–Crippen LogP) is 3.15. The molecule has 6 heteroatoms. The van der Waals surface area contributed by atoms with E-state index in [1.54, 1.807) is 0 Å². The fourth-order valence-corrected chi connectivity index (χ4v) is 4.85. The Bertz CT molecular complexity index is 653. The molecule has 0 bridgehead atoms. The summed E-state index contributed by atoms with van der Waals surface area (Å²) in [5.74, 6) is 2.43. The van der Waals surface area contributed by atoms with Gasteiger partial charge in [-0.2, -0.15) is 11.8 Å². The topological polar surface area (TPSA) is 56.7 Å². The number of aliphatic imine (C=N–C) groups is 1. The van der Waals surface area contributed by atoms with Crippen molar-refractivity contribution in [1.82, 2.24) is 15.5 Å². The smallest absolute Gasteiger partial charge is 0.222 e. The van der Waals surface area contributed by atoms with Crippen LogP contribution in [0.4, 0.5) is 0 Å². The van der Waals surface area contributed by atoms with Gasteiger partial charge in [-0.3, -0.25) is 4.79 Å². The van der Waals surface area contributed by atoms with Gasteiger partial charge in [0.15, 0.2) is 5.96 Å². The highest BCUT2D eigenvalue weighted by Gasteiger charge is 2.29. The molecule has 148 valence electrons. The van der Waals surface area contributed by atoms with Crippen LogP contribution in [-0.4, -0.2) is 46.9 Å². The first kappa shape index (κ1) is 20.1. The number of guanidine groups is 1. The van der Waals surface area contributed by atoms with Gasteiger partial charge in [0.05, 0.1) is 6.54 Å². The summed E-state index contributed by atoms with van der Waals surface area (Å²) in [6.07, 6.45) is 4.27. The second-order valence-electron chi connectivity index (χ2n) is 7.69. The number of nitrogens with one attached hydrogen (secondary N) is 2. The Kier molecular flexibility index (Phi) is 7.05. The minimum absolute atomic E-state index is 0.277. The molecule has 1 unspecified atom stereocenters. The zero-order valence-electron chi connectivity index (χ0n) is 16.6. The molecule has 1 aromatic carbocycles. The molecule has 2 aliphatic heterocycles. The van der Waals surface area contributed by atoms with Crippen molar-refractivity contribution in [3.63, 3.8) is 0 Å². The first-order valence-corrected chi connectivity index (χ1v) is 11.1. The fraction of sp³-hybridized carbons (Fsp3) is 0.619. The second kappa shape index (κ2) is 9.49. The molecule has 2 aliphatic rings. The lowest BCUT2D eigenvalue weighted by atomic mass is 10.1. The molecule has 3 rings (SSSR count). The van der Waals surface area contributed by atoms with Crippen LogP contribution in [0.15, 0.2) is 29.3 Å². The highest BCUT2D eigenvalue weighted by Crippen LogP contribution is 2.36. The van der Waals surface area contributed by atoms with Crippen LogP contribution in [0.3, 0.4) is 0 Å². The third-order valence-corrected chi connectivity index (χ3v) is 6.80. The average molecular weight is 389 g/mol. The van der Waals surface area contributed by atoms with Crippen molar-refractivity contribution in [2.24, 2.45) is 4.99 Å². The summed E-state index contributed by atoms with van der Waals surface area (Å²) in [5.41, 5.74) is 2.37. The molecule has 0 radical (unpaired) electrons. The SMILES string of the molecule is CCNC(=NCc1ccc(CN2CCCC2=O)cc1)NCC1(C)CCCS1. The summed E-state index contributed by atoms with van der Waals surface area (Å²) < 4.78 is 0.324. The van der Waals surface area contributed by atoms with E-state index in [0.717, 1.165) is 38.6 Å². The van der Waals surface area contributed by atoms with E-state index in [9.17, 15) is 4.79 Å². The Balaban J connectivity index is 1.52. The normalized spacial score (nSPS) is 23.1. The lowest BCUT2D eigenvalue weighted by molar-refractivity contribution is -0.128. The molecular formula is C21H32N4OS. The zero-order valence-corrected chi connectivity index (χ0v) is 17.4. The molecule has 0 aromatic heterocycles. The van der Waals surface area contributed by atoms with Crippen molar-refractivity contribution < 1.29 is 4.79 Å². The van der Waals surface area contributed by atoms with Gasteiger partial charge in [0.25, 0.3) is 0 Å². The van der Waals surface area contributed by atoms with Crippen LogP contribution in [0.5, 0.6) is 0 Å². The van der Waals surface area contributed by atoms with Crippen molar-refractivity contribution in [2.45, 2.75) is 57.4 Å². The van der Waals surface area contributed by atoms with E-state index in [1.165, 1.54) is 29.7 Å². The fourth-order valence-electron chi connectivity index (χ4n) is 3.60. The number of likely N-dealkylation sites (tertiary alicyclic amines) is 1. The standard InChI is InChI=1S/C21H32N4OS/c1-3-22-20(24-16-21(2)11-5-13-27-21)23-14-17-7-9-18(10-8-17)15-25-12-4-6-19(25)26/h7-10H,3-6,11-16H2,1-2H3,(H2,22,23,24). The maximum Gasteiger partial charge on any atom is 0.222 e. The van der Waals surface area contributed by atoms with E-state index in [0.29, 0.717) is 17.7 Å². The van der Waals surface area contributed by atoms with Crippen LogP contribution in [0, 0.1) is 0 Å². The molecule has 1 aromatic rings. The molecular weight excluding hydrogens is 356 g/mol. The first-order valence-electron chi connectivity index (χ1n) is 10.1. The van der Waals surface area contributed by atoms with Crippen LogP contribution < -0.4 is 10.6 Å². The van der Waals surface area contributed by atoms with Crippen molar-refractivity contribution >= 4 is 23.6 Å². The van der Waals surface area contributed by atoms with Gasteiger partial charge in [-0.1, -0.05) is 24.3 Å². The molecule has 2 heterocycles. The van der Waals surface area contributed by atoms with Crippen LogP contribution in [-0.2, 0) is 17.9 Å². The highest BCUT2D eigenvalue weighted by molar-refractivity contribution is 8.00. The number of hydrogen-bond donors (Lipinski definition) is 2. The number of nitrogens with zero attached hydrogens (tertiary/aromatic N) is 2. The summed E-state index contributed by atoms with van der Waals surface area (Å²) in [6, 6.07) is 8.48. The van der Waals surface area contributed by atoms with Crippen molar-refractivity contribution in [3.05, 3.63) is 35.4 Å².